The van der Waals surface area contributed by atoms with Gasteiger partial charge in [0, 0.05) is 25.4 Å². The van der Waals surface area contributed by atoms with Crippen molar-refractivity contribution in [2.24, 2.45) is 5.41 Å². The van der Waals surface area contributed by atoms with Crippen LogP contribution in [-0.4, -0.2) is 19.8 Å². The zero-order valence-corrected chi connectivity index (χ0v) is 10.2. The monoisotopic (exact) mass is 230 g/mol. The maximum absolute atomic E-state index is 8.72. The molecule has 2 rings (SSSR count). The topological polar surface area (TPSA) is 45.0 Å². The zero-order valence-electron chi connectivity index (χ0n) is 10.2. The molecule has 0 saturated carbocycles. The molecule has 1 heterocycles. The number of nitriles is 1. The van der Waals surface area contributed by atoms with Gasteiger partial charge in [0.25, 0.3) is 0 Å². The molecule has 1 aliphatic heterocycles. The van der Waals surface area contributed by atoms with Crippen LogP contribution in [0.25, 0.3) is 0 Å². The predicted octanol–water partition coefficient (Wildman–Crippen LogP) is 2.79. The highest BCUT2D eigenvalue weighted by Gasteiger charge is 2.26. The van der Waals surface area contributed by atoms with E-state index >= 15 is 0 Å². The Morgan fingerprint density at radius 3 is 2.53 bits per heavy atom. The van der Waals surface area contributed by atoms with E-state index in [0.29, 0.717) is 11.0 Å². The molecule has 0 aromatic heterocycles. The predicted molar refractivity (Wildman–Crippen MR) is 67.8 cm³/mol. The van der Waals surface area contributed by atoms with Gasteiger partial charge < -0.3 is 10.1 Å². The van der Waals surface area contributed by atoms with Crippen molar-refractivity contribution in [3.05, 3.63) is 29.8 Å². The van der Waals surface area contributed by atoms with E-state index in [-0.39, 0.29) is 0 Å². The Morgan fingerprint density at radius 1 is 1.29 bits per heavy atom. The molecule has 1 fully saturated rings. The number of ether oxygens (including phenoxy) is 1. The number of hydrogen-bond donors (Lipinski definition) is 1. The van der Waals surface area contributed by atoms with Crippen molar-refractivity contribution in [1.82, 2.24) is 0 Å². The Balaban J connectivity index is 1.90. The molecule has 3 heteroatoms. The fourth-order valence-electron chi connectivity index (χ4n) is 2.02. The fraction of sp³-hybridized carbons (Fsp3) is 0.500. The molecule has 90 valence electrons. The maximum Gasteiger partial charge on any atom is 0.0991 e. The summed E-state index contributed by atoms with van der Waals surface area (Å²) in [6.45, 7) is 4.99. The van der Waals surface area contributed by atoms with E-state index in [1.54, 1.807) is 0 Å². The summed E-state index contributed by atoms with van der Waals surface area (Å²) in [6.07, 6.45) is 2.21. The van der Waals surface area contributed by atoms with Gasteiger partial charge in [-0.25, -0.2) is 0 Å². The molecule has 0 bridgehead atoms. The van der Waals surface area contributed by atoms with Crippen LogP contribution in [0.3, 0.4) is 0 Å². The number of nitrogens with one attached hydrogen (secondary N) is 1. The maximum atomic E-state index is 8.72. The molecule has 0 spiro atoms. The van der Waals surface area contributed by atoms with E-state index in [0.717, 1.165) is 38.3 Å². The lowest BCUT2D eigenvalue weighted by molar-refractivity contribution is 0.0300. The van der Waals surface area contributed by atoms with E-state index in [9.17, 15) is 0 Å². The van der Waals surface area contributed by atoms with Gasteiger partial charge in [0.1, 0.15) is 0 Å². The van der Waals surface area contributed by atoms with Crippen LogP contribution in [0.1, 0.15) is 25.3 Å². The van der Waals surface area contributed by atoms with Gasteiger partial charge in [-0.05, 0) is 42.5 Å². The minimum absolute atomic E-state index is 0.326. The second kappa shape index (κ2) is 5.20. The first kappa shape index (κ1) is 11.9. The first-order valence-electron chi connectivity index (χ1n) is 6.04. The molecule has 0 aliphatic carbocycles. The third-order valence-corrected chi connectivity index (χ3v) is 3.43. The molecule has 3 nitrogen and oxygen atoms in total. The first-order valence-corrected chi connectivity index (χ1v) is 6.04. The lowest BCUT2D eigenvalue weighted by atomic mass is 9.82. The minimum atomic E-state index is 0.326. The summed E-state index contributed by atoms with van der Waals surface area (Å²) < 4.78 is 5.38. The molecule has 1 aliphatic rings. The highest BCUT2D eigenvalue weighted by atomic mass is 16.5. The molecule has 0 unspecified atom stereocenters. The van der Waals surface area contributed by atoms with Crippen LogP contribution in [-0.2, 0) is 4.74 Å². The first-order chi connectivity index (χ1) is 8.22. The average molecular weight is 230 g/mol. The summed E-state index contributed by atoms with van der Waals surface area (Å²) >= 11 is 0. The van der Waals surface area contributed by atoms with Gasteiger partial charge >= 0.3 is 0 Å². The highest BCUT2D eigenvalue weighted by molar-refractivity contribution is 5.47. The van der Waals surface area contributed by atoms with Crippen LogP contribution in [0, 0.1) is 16.7 Å². The molecule has 0 atom stereocenters. The van der Waals surface area contributed by atoms with Crippen molar-refractivity contribution in [3.63, 3.8) is 0 Å². The van der Waals surface area contributed by atoms with E-state index in [1.165, 1.54) is 0 Å². The van der Waals surface area contributed by atoms with Gasteiger partial charge in [0.05, 0.1) is 11.6 Å². The van der Waals surface area contributed by atoms with E-state index in [1.807, 2.05) is 24.3 Å². The summed E-state index contributed by atoms with van der Waals surface area (Å²) in [7, 11) is 0. The molecule has 0 amide bonds. The summed E-state index contributed by atoms with van der Waals surface area (Å²) in [4.78, 5) is 0. The molecular weight excluding hydrogens is 212 g/mol. The molecule has 17 heavy (non-hydrogen) atoms. The molecule has 1 aromatic rings. The Morgan fingerprint density at radius 2 is 1.94 bits per heavy atom. The normalized spacial score (nSPS) is 18.4. The van der Waals surface area contributed by atoms with Crippen molar-refractivity contribution in [3.8, 4) is 6.07 Å². The van der Waals surface area contributed by atoms with Crippen LogP contribution >= 0.6 is 0 Å². The van der Waals surface area contributed by atoms with Crippen LogP contribution in [0.4, 0.5) is 5.69 Å². The number of anilines is 1. The average Bonchev–Trinajstić information content (AvgIpc) is 2.38. The summed E-state index contributed by atoms with van der Waals surface area (Å²) in [5.74, 6) is 0. The molecule has 1 aromatic carbocycles. The third-order valence-electron chi connectivity index (χ3n) is 3.43. The lowest BCUT2D eigenvalue weighted by Crippen LogP contribution is -2.33. The smallest absolute Gasteiger partial charge is 0.0991 e. The standard InChI is InChI=1S/C14H18N2O/c1-14(6-8-17-9-7-14)11-16-13-4-2-12(10-15)3-5-13/h2-5,16H,6-9,11H2,1H3. The summed E-state index contributed by atoms with van der Waals surface area (Å²) in [6, 6.07) is 9.73. The van der Waals surface area contributed by atoms with E-state index in [2.05, 4.69) is 18.3 Å². The van der Waals surface area contributed by atoms with Crippen molar-refractivity contribution >= 4 is 5.69 Å². The van der Waals surface area contributed by atoms with Gasteiger partial charge in [0.2, 0.25) is 0 Å². The lowest BCUT2D eigenvalue weighted by Gasteiger charge is -2.33. The highest BCUT2D eigenvalue weighted by Crippen LogP contribution is 2.29. The Labute approximate surface area is 102 Å². The van der Waals surface area contributed by atoms with E-state index in [4.69, 9.17) is 10.00 Å². The second-order valence-corrected chi connectivity index (χ2v) is 4.97. The number of benzene rings is 1. The molecule has 1 saturated heterocycles. The van der Waals surface area contributed by atoms with Crippen LogP contribution in [0.2, 0.25) is 0 Å². The van der Waals surface area contributed by atoms with Crippen LogP contribution in [0.15, 0.2) is 24.3 Å². The van der Waals surface area contributed by atoms with E-state index < -0.39 is 0 Å². The van der Waals surface area contributed by atoms with Crippen LogP contribution in [0.5, 0.6) is 0 Å². The van der Waals surface area contributed by atoms with Crippen molar-refractivity contribution < 1.29 is 4.74 Å². The minimum Gasteiger partial charge on any atom is -0.384 e. The number of nitrogens with zero attached hydrogens (tertiary/aromatic N) is 1. The molecular formula is C14H18N2O. The van der Waals surface area contributed by atoms with Crippen molar-refractivity contribution in [2.75, 3.05) is 25.1 Å². The van der Waals surface area contributed by atoms with Crippen molar-refractivity contribution in [2.45, 2.75) is 19.8 Å². The second-order valence-electron chi connectivity index (χ2n) is 4.97. The number of rotatable bonds is 3. The SMILES string of the molecule is CC1(CNc2ccc(C#N)cc2)CCOCC1. The largest absolute Gasteiger partial charge is 0.384 e. The Bertz CT molecular complexity index is 399. The molecule has 0 radical (unpaired) electrons. The van der Waals surface area contributed by atoms with Gasteiger partial charge in [-0.3, -0.25) is 0 Å². The molecule has 1 N–H and O–H groups in total. The van der Waals surface area contributed by atoms with Crippen LogP contribution < -0.4 is 5.32 Å². The fourth-order valence-corrected chi connectivity index (χ4v) is 2.02. The number of hydrogen-bond acceptors (Lipinski definition) is 3. The third kappa shape index (κ3) is 3.21. The summed E-state index contributed by atoms with van der Waals surface area (Å²) in [5.41, 5.74) is 2.11. The van der Waals surface area contributed by atoms with Gasteiger partial charge in [-0.1, -0.05) is 6.92 Å². The summed E-state index contributed by atoms with van der Waals surface area (Å²) in [5, 5.41) is 12.2. The quantitative estimate of drug-likeness (QED) is 0.868. The van der Waals surface area contributed by atoms with Gasteiger partial charge in [-0.15, -0.1) is 0 Å². The Hall–Kier alpha value is -1.53. The van der Waals surface area contributed by atoms with Crippen molar-refractivity contribution in [1.29, 1.82) is 5.26 Å². The van der Waals surface area contributed by atoms with Gasteiger partial charge in [-0.2, -0.15) is 5.26 Å². The Kier molecular flexibility index (Phi) is 3.65. The van der Waals surface area contributed by atoms with Gasteiger partial charge in [0.15, 0.2) is 0 Å². The zero-order chi connectivity index (χ0) is 12.1.